The molecule has 2 aromatic heterocycles. The van der Waals surface area contributed by atoms with Gasteiger partial charge < -0.3 is 19.7 Å². The van der Waals surface area contributed by atoms with Crippen molar-refractivity contribution in [1.82, 2.24) is 14.9 Å². The minimum absolute atomic E-state index is 0.0262. The second-order valence-electron chi connectivity index (χ2n) is 9.87. The minimum Gasteiger partial charge on any atom is -0.370 e. The van der Waals surface area contributed by atoms with Gasteiger partial charge in [0.25, 0.3) is 0 Å². The SMILES string of the molecule is CCn1c(C)cc([C@H]2[C@H](c3ccccn3)NC(=S)N2c2ccc(N3CCC(C)CC3)c(Cl)c2)c1C. The third-order valence-corrected chi connectivity index (χ3v) is 8.30. The zero-order valence-electron chi connectivity index (χ0n) is 21.0. The van der Waals surface area contributed by atoms with Crippen LogP contribution in [0.2, 0.25) is 5.02 Å². The Morgan fingerprint density at radius 3 is 2.51 bits per heavy atom. The number of aryl methyl sites for hydroxylation is 1. The molecular formula is C28H34ClN5S. The number of halogens is 1. The Kier molecular flexibility index (Phi) is 6.78. The van der Waals surface area contributed by atoms with Crippen LogP contribution < -0.4 is 15.1 Å². The molecule has 184 valence electrons. The van der Waals surface area contributed by atoms with Gasteiger partial charge in [-0.2, -0.15) is 0 Å². The van der Waals surface area contributed by atoms with Gasteiger partial charge in [-0.1, -0.05) is 24.6 Å². The summed E-state index contributed by atoms with van der Waals surface area (Å²) in [5.74, 6) is 0.781. The molecule has 1 aromatic carbocycles. The van der Waals surface area contributed by atoms with Gasteiger partial charge in [0.05, 0.1) is 28.5 Å². The standard InChI is InChI=1S/C28H34ClN5S/c1-5-33-19(3)16-22(20(33)4)27-26(24-8-6-7-13-30-24)31-28(35)34(27)21-9-10-25(23(29)17-21)32-14-11-18(2)12-15-32/h6-10,13,16-18,26-27H,5,11-12,14-15H2,1-4H3,(H,31,35)/t26-,27-/m0/s1. The fourth-order valence-electron chi connectivity index (χ4n) is 5.71. The van der Waals surface area contributed by atoms with E-state index >= 15 is 0 Å². The number of pyridine rings is 1. The molecule has 2 saturated heterocycles. The van der Waals surface area contributed by atoms with Crippen molar-refractivity contribution in [3.63, 3.8) is 0 Å². The molecule has 5 nitrogen and oxygen atoms in total. The molecule has 3 aromatic rings. The highest BCUT2D eigenvalue weighted by Crippen LogP contribution is 2.44. The highest BCUT2D eigenvalue weighted by Gasteiger charge is 2.42. The van der Waals surface area contributed by atoms with Gasteiger partial charge in [0, 0.05) is 42.9 Å². The van der Waals surface area contributed by atoms with Gasteiger partial charge in [0.2, 0.25) is 0 Å². The fourth-order valence-corrected chi connectivity index (χ4v) is 6.35. The quantitative estimate of drug-likeness (QED) is 0.394. The van der Waals surface area contributed by atoms with Crippen LogP contribution in [-0.4, -0.2) is 27.8 Å². The first-order valence-electron chi connectivity index (χ1n) is 12.6. The zero-order valence-corrected chi connectivity index (χ0v) is 22.5. The molecule has 4 heterocycles. The Bertz CT molecular complexity index is 1220. The molecular weight excluding hydrogens is 474 g/mol. The Morgan fingerprint density at radius 1 is 1.11 bits per heavy atom. The summed E-state index contributed by atoms with van der Waals surface area (Å²) >= 11 is 12.8. The lowest BCUT2D eigenvalue weighted by molar-refractivity contribution is 0.438. The second-order valence-corrected chi connectivity index (χ2v) is 10.7. The first kappa shape index (κ1) is 24.1. The number of nitrogens with zero attached hydrogens (tertiary/aromatic N) is 4. The average Bonchev–Trinajstić information content (AvgIpc) is 3.35. The fraction of sp³-hybridized carbons (Fsp3) is 0.429. The molecule has 7 heteroatoms. The predicted molar refractivity (Wildman–Crippen MR) is 150 cm³/mol. The van der Waals surface area contributed by atoms with Gasteiger partial charge in [0.15, 0.2) is 5.11 Å². The Morgan fingerprint density at radius 2 is 1.89 bits per heavy atom. The van der Waals surface area contributed by atoms with E-state index in [1.54, 1.807) is 0 Å². The first-order valence-corrected chi connectivity index (χ1v) is 13.4. The zero-order chi connectivity index (χ0) is 24.7. The maximum absolute atomic E-state index is 6.91. The van der Waals surface area contributed by atoms with E-state index in [0.29, 0.717) is 5.11 Å². The number of anilines is 2. The van der Waals surface area contributed by atoms with Crippen molar-refractivity contribution < 1.29 is 0 Å². The smallest absolute Gasteiger partial charge is 0.174 e. The first-order chi connectivity index (χ1) is 16.9. The highest BCUT2D eigenvalue weighted by atomic mass is 35.5. The minimum atomic E-state index is -0.0588. The highest BCUT2D eigenvalue weighted by molar-refractivity contribution is 7.80. The maximum Gasteiger partial charge on any atom is 0.174 e. The molecule has 2 aliphatic heterocycles. The number of hydrogen-bond donors (Lipinski definition) is 1. The van der Waals surface area contributed by atoms with Crippen LogP contribution in [0.4, 0.5) is 11.4 Å². The molecule has 1 N–H and O–H groups in total. The molecule has 0 unspecified atom stereocenters. The van der Waals surface area contributed by atoms with E-state index in [1.165, 1.54) is 29.8 Å². The van der Waals surface area contributed by atoms with Crippen molar-refractivity contribution in [2.45, 2.75) is 59.2 Å². The largest absolute Gasteiger partial charge is 0.370 e. The van der Waals surface area contributed by atoms with E-state index in [4.69, 9.17) is 23.8 Å². The van der Waals surface area contributed by atoms with Crippen LogP contribution in [0.25, 0.3) is 0 Å². The average molecular weight is 508 g/mol. The maximum atomic E-state index is 6.91. The summed E-state index contributed by atoms with van der Waals surface area (Å²) < 4.78 is 2.36. The number of piperidine rings is 1. The lowest BCUT2D eigenvalue weighted by atomic mass is 9.96. The molecule has 0 amide bonds. The number of aromatic nitrogens is 2. The van der Waals surface area contributed by atoms with Gasteiger partial charge in [-0.25, -0.2) is 0 Å². The van der Waals surface area contributed by atoms with Gasteiger partial charge in [-0.15, -0.1) is 0 Å². The van der Waals surface area contributed by atoms with Crippen molar-refractivity contribution in [2.75, 3.05) is 22.9 Å². The molecule has 0 spiro atoms. The molecule has 0 radical (unpaired) electrons. The van der Waals surface area contributed by atoms with Gasteiger partial charge >= 0.3 is 0 Å². The summed E-state index contributed by atoms with van der Waals surface area (Å²) in [6.07, 6.45) is 4.26. The van der Waals surface area contributed by atoms with Gasteiger partial charge in [-0.05, 0) is 93.7 Å². The van der Waals surface area contributed by atoms with Crippen molar-refractivity contribution in [2.24, 2.45) is 5.92 Å². The number of thiocarbonyl (C=S) groups is 1. The molecule has 5 rings (SSSR count). The molecule has 2 aliphatic rings. The van der Waals surface area contributed by atoms with Crippen LogP contribution in [0.3, 0.4) is 0 Å². The normalized spacial score (nSPS) is 21.0. The summed E-state index contributed by atoms with van der Waals surface area (Å²) in [5.41, 5.74) is 6.88. The van der Waals surface area contributed by atoms with Crippen molar-refractivity contribution >= 4 is 40.3 Å². The second kappa shape index (κ2) is 9.82. The van der Waals surface area contributed by atoms with Crippen molar-refractivity contribution in [3.8, 4) is 0 Å². The summed E-state index contributed by atoms with van der Waals surface area (Å²) in [5, 5.41) is 5.05. The van der Waals surface area contributed by atoms with Crippen LogP contribution >= 0.6 is 23.8 Å². The van der Waals surface area contributed by atoms with E-state index in [0.717, 1.165) is 47.6 Å². The van der Waals surface area contributed by atoms with Gasteiger partial charge in [0.1, 0.15) is 0 Å². The summed E-state index contributed by atoms with van der Waals surface area (Å²) in [4.78, 5) is 9.33. The summed E-state index contributed by atoms with van der Waals surface area (Å²) in [6, 6.07) is 14.7. The molecule has 0 bridgehead atoms. The van der Waals surface area contributed by atoms with Crippen LogP contribution in [0.1, 0.15) is 61.4 Å². The predicted octanol–water partition coefficient (Wildman–Crippen LogP) is 6.59. The lowest BCUT2D eigenvalue weighted by Crippen LogP contribution is -2.33. The number of hydrogen-bond acceptors (Lipinski definition) is 3. The van der Waals surface area contributed by atoms with E-state index in [2.05, 4.69) is 82.7 Å². The Balaban J connectivity index is 1.56. The molecule has 0 aliphatic carbocycles. The van der Waals surface area contributed by atoms with E-state index < -0.39 is 0 Å². The van der Waals surface area contributed by atoms with Crippen LogP contribution in [0.15, 0.2) is 48.7 Å². The van der Waals surface area contributed by atoms with Crippen LogP contribution in [-0.2, 0) is 6.54 Å². The third kappa shape index (κ3) is 4.43. The molecule has 2 fully saturated rings. The van der Waals surface area contributed by atoms with E-state index in [-0.39, 0.29) is 12.1 Å². The number of rotatable bonds is 5. The number of benzene rings is 1. The topological polar surface area (TPSA) is 36.3 Å². The number of nitrogens with one attached hydrogen (secondary N) is 1. The Labute approximate surface area is 219 Å². The van der Waals surface area contributed by atoms with E-state index in [9.17, 15) is 0 Å². The Hall–Kier alpha value is -2.57. The summed E-state index contributed by atoms with van der Waals surface area (Å²) in [7, 11) is 0. The molecule has 35 heavy (non-hydrogen) atoms. The third-order valence-electron chi connectivity index (χ3n) is 7.68. The van der Waals surface area contributed by atoms with Crippen LogP contribution in [0, 0.1) is 19.8 Å². The summed E-state index contributed by atoms with van der Waals surface area (Å²) in [6.45, 7) is 11.9. The van der Waals surface area contributed by atoms with E-state index in [1.807, 2.05) is 18.3 Å². The van der Waals surface area contributed by atoms with Gasteiger partial charge in [-0.3, -0.25) is 4.98 Å². The van der Waals surface area contributed by atoms with Crippen molar-refractivity contribution in [1.29, 1.82) is 0 Å². The lowest BCUT2D eigenvalue weighted by Gasteiger charge is -2.33. The molecule has 2 atom stereocenters. The monoisotopic (exact) mass is 507 g/mol. The van der Waals surface area contributed by atoms with Crippen molar-refractivity contribution in [3.05, 3.63) is 76.3 Å². The van der Waals surface area contributed by atoms with Crippen LogP contribution in [0.5, 0.6) is 0 Å². The molecule has 0 saturated carbocycles.